The van der Waals surface area contributed by atoms with Gasteiger partial charge in [-0.1, -0.05) is 5.16 Å². The van der Waals surface area contributed by atoms with Gasteiger partial charge in [-0.2, -0.15) is 0 Å². The van der Waals surface area contributed by atoms with Crippen molar-refractivity contribution >= 4 is 6.09 Å². The largest absolute Gasteiger partial charge is 0.444 e. The van der Waals surface area contributed by atoms with Crippen molar-refractivity contribution in [3.05, 3.63) is 17.5 Å². The number of rotatable bonds is 3. The van der Waals surface area contributed by atoms with Crippen LogP contribution >= 0.6 is 0 Å². The monoisotopic (exact) mass is 238 g/mol. The van der Waals surface area contributed by atoms with E-state index < -0.39 is 11.7 Å². The third kappa shape index (κ3) is 3.76. The Hall–Kier alpha value is -1.52. The van der Waals surface area contributed by atoms with Gasteiger partial charge in [0.25, 0.3) is 0 Å². The van der Waals surface area contributed by atoms with Crippen molar-refractivity contribution in [2.45, 2.75) is 51.7 Å². The van der Waals surface area contributed by atoms with Crippen LogP contribution in [0.25, 0.3) is 0 Å². The molecule has 0 bridgehead atoms. The van der Waals surface area contributed by atoms with Gasteiger partial charge in [-0.3, -0.25) is 0 Å². The van der Waals surface area contributed by atoms with Gasteiger partial charge in [-0.25, -0.2) is 4.79 Å². The molecular formula is C12H18N2O3. The minimum absolute atomic E-state index is 0.314. The molecule has 2 rings (SSSR count). The second kappa shape index (κ2) is 4.39. The summed E-state index contributed by atoms with van der Waals surface area (Å²) in [7, 11) is 0. The lowest BCUT2D eigenvalue weighted by Gasteiger charge is -2.19. The Labute approximate surface area is 101 Å². The maximum atomic E-state index is 11.4. The first kappa shape index (κ1) is 12.0. The van der Waals surface area contributed by atoms with Crippen LogP contribution < -0.4 is 5.32 Å². The SMILES string of the molecule is CC(C)(C)OC(=O)NCc1cc(C2CC2)no1. The van der Waals surface area contributed by atoms with E-state index in [1.807, 2.05) is 26.8 Å². The van der Waals surface area contributed by atoms with Crippen molar-refractivity contribution in [2.24, 2.45) is 0 Å². The molecule has 0 atom stereocenters. The van der Waals surface area contributed by atoms with Crippen molar-refractivity contribution in [1.29, 1.82) is 0 Å². The molecule has 5 heteroatoms. The topological polar surface area (TPSA) is 64.4 Å². The number of hydrogen-bond acceptors (Lipinski definition) is 4. The van der Waals surface area contributed by atoms with Crippen LogP contribution in [0.5, 0.6) is 0 Å². The zero-order chi connectivity index (χ0) is 12.5. The van der Waals surface area contributed by atoms with E-state index in [1.165, 1.54) is 12.8 Å². The molecule has 0 spiro atoms. The normalized spacial score (nSPS) is 15.7. The number of hydrogen-bond donors (Lipinski definition) is 1. The zero-order valence-corrected chi connectivity index (χ0v) is 10.4. The number of carbonyl (C=O) groups is 1. The number of carbonyl (C=O) groups excluding carboxylic acids is 1. The van der Waals surface area contributed by atoms with Gasteiger partial charge in [-0.05, 0) is 33.6 Å². The van der Waals surface area contributed by atoms with Gasteiger partial charge in [0.15, 0.2) is 5.76 Å². The first-order valence-corrected chi connectivity index (χ1v) is 5.86. The molecule has 1 aromatic rings. The molecule has 0 unspecified atom stereocenters. The molecule has 0 saturated heterocycles. The summed E-state index contributed by atoms with van der Waals surface area (Å²) < 4.78 is 10.2. The van der Waals surface area contributed by atoms with Crippen molar-refractivity contribution in [3.63, 3.8) is 0 Å². The first-order valence-electron chi connectivity index (χ1n) is 5.86. The molecule has 1 aromatic heterocycles. The Morgan fingerprint density at radius 2 is 2.29 bits per heavy atom. The van der Waals surface area contributed by atoms with E-state index in [1.54, 1.807) is 0 Å². The first-order chi connectivity index (χ1) is 7.94. The Kier molecular flexibility index (Phi) is 3.09. The molecule has 1 amide bonds. The third-order valence-electron chi connectivity index (χ3n) is 2.38. The molecule has 17 heavy (non-hydrogen) atoms. The second-order valence-corrected chi connectivity index (χ2v) is 5.35. The highest BCUT2D eigenvalue weighted by Crippen LogP contribution is 2.39. The summed E-state index contributed by atoms with van der Waals surface area (Å²) in [6.45, 7) is 5.79. The number of ether oxygens (including phenoxy) is 1. The average Bonchev–Trinajstić information content (AvgIpc) is 2.93. The molecule has 1 fully saturated rings. The zero-order valence-electron chi connectivity index (χ0n) is 10.4. The van der Waals surface area contributed by atoms with Gasteiger partial charge in [0.2, 0.25) is 0 Å². The van der Waals surface area contributed by atoms with Crippen LogP contribution in [0.2, 0.25) is 0 Å². The van der Waals surface area contributed by atoms with Gasteiger partial charge in [0.1, 0.15) is 5.60 Å². The highest BCUT2D eigenvalue weighted by Gasteiger charge is 2.27. The van der Waals surface area contributed by atoms with Crippen LogP contribution in [-0.2, 0) is 11.3 Å². The summed E-state index contributed by atoms with van der Waals surface area (Å²) in [5, 5.41) is 6.60. The number of nitrogens with zero attached hydrogens (tertiary/aromatic N) is 1. The summed E-state index contributed by atoms with van der Waals surface area (Å²) in [6.07, 6.45) is 1.93. The summed E-state index contributed by atoms with van der Waals surface area (Å²) in [4.78, 5) is 11.4. The molecule has 0 radical (unpaired) electrons. The van der Waals surface area contributed by atoms with Gasteiger partial charge in [-0.15, -0.1) is 0 Å². The van der Waals surface area contributed by atoms with E-state index in [2.05, 4.69) is 10.5 Å². The van der Waals surface area contributed by atoms with Crippen LogP contribution in [0.1, 0.15) is 51.0 Å². The van der Waals surface area contributed by atoms with Crippen molar-refractivity contribution in [1.82, 2.24) is 10.5 Å². The predicted octanol–water partition coefficient (Wildman–Crippen LogP) is 2.58. The van der Waals surface area contributed by atoms with E-state index in [-0.39, 0.29) is 0 Å². The molecule has 5 nitrogen and oxygen atoms in total. The Morgan fingerprint density at radius 3 is 2.88 bits per heavy atom. The van der Waals surface area contributed by atoms with E-state index >= 15 is 0 Å². The highest BCUT2D eigenvalue weighted by molar-refractivity contribution is 5.67. The number of amides is 1. The molecule has 94 valence electrons. The number of nitrogens with one attached hydrogen (secondary N) is 1. The van der Waals surface area contributed by atoms with Crippen LogP contribution in [0.4, 0.5) is 4.79 Å². The Bertz CT molecular complexity index is 402. The van der Waals surface area contributed by atoms with Crippen molar-refractivity contribution in [3.8, 4) is 0 Å². The number of aromatic nitrogens is 1. The lowest BCUT2D eigenvalue weighted by molar-refractivity contribution is 0.0519. The van der Waals surface area contributed by atoms with Crippen molar-refractivity contribution < 1.29 is 14.1 Å². The minimum Gasteiger partial charge on any atom is -0.444 e. The summed E-state index contributed by atoms with van der Waals surface area (Å²) in [5.74, 6) is 1.23. The summed E-state index contributed by atoms with van der Waals surface area (Å²) in [5.41, 5.74) is 0.510. The van der Waals surface area contributed by atoms with Crippen molar-refractivity contribution in [2.75, 3.05) is 0 Å². The fraction of sp³-hybridized carbons (Fsp3) is 0.667. The molecule has 1 heterocycles. The van der Waals surface area contributed by atoms with E-state index in [9.17, 15) is 4.79 Å². The minimum atomic E-state index is -0.481. The Morgan fingerprint density at radius 1 is 1.59 bits per heavy atom. The maximum Gasteiger partial charge on any atom is 0.408 e. The van der Waals surface area contributed by atoms with Crippen LogP contribution in [-0.4, -0.2) is 16.9 Å². The smallest absolute Gasteiger partial charge is 0.408 e. The van der Waals surface area contributed by atoms with Gasteiger partial charge < -0.3 is 14.6 Å². The summed E-state index contributed by atoms with van der Waals surface area (Å²) in [6, 6.07) is 1.90. The molecule has 1 aliphatic rings. The predicted molar refractivity (Wildman–Crippen MR) is 61.6 cm³/mol. The molecule has 1 saturated carbocycles. The molecule has 1 aliphatic carbocycles. The highest BCUT2D eigenvalue weighted by atomic mass is 16.6. The fourth-order valence-electron chi connectivity index (χ4n) is 1.46. The Balaban J connectivity index is 1.78. The molecule has 0 aliphatic heterocycles. The van der Waals surface area contributed by atoms with Gasteiger partial charge in [0.05, 0.1) is 12.2 Å². The van der Waals surface area contributed by atoms with E-state index in [0.29, 0.717) is 18.2 Å². The molecule has 1 N–H and O–H groups in total. The molecular weight excluding hydrogens is 220 g/mol. The van der Waals surface area contributed by atoms with Crippen LogP contribution in [0.15, 0.2) is 10.6 Å². The van der Waals surface area contributed by atoms with Crippen LogP contribution in [0, 0.1) is 0 Å². The molecule has 0 aromatic carbocycles. The average molecular weight is 238 g/mol. The second-order valence-electron chi connectivity index (χ2n) is 5.35. The number of alkyl carbamates (subject to hydrolysis) is 1. The standard InChI is InChI=1S/C12H18N2O3/c1-12(2,3)16-11(15)13-7-9-6-10(14-17-9)8-4-5-8/h6,8H,4-5,7H2,1-3H3,(H,13,15). The summed E-state index contributed by atoms with van der Waals surface area (Å²) >= 11 is 0. The maximum absolute atomic E-state index is 11.4. The lowest BCUT2D eigenvalue weighted by Crippen LogP contribution is -2.32. The quantitative estimate of drug-likeness (QED) is 0.879. The van der Waals surface area contributed by atoms with Gasteiger partial charge >= 0.3 is 6.09 Å². The third-order valence-corrected chi connectivity index (χ3v) is 2.38. The van der Waals surface area contributed by atoms with Gasteiger partial charge in [0, 0.05) is 12.0 Å². The fourth-order valence-corrected chi connectivity index (χ4v) is 1.46. The van der Waals surface area contributed by atoms with E-state index in [0.717, 1.165) is 5.69 Å². The van der Waals surface area contributed by atoms with Crippen LogP contribution in [0.3, 0.4) is 0 Å². The lowest BCUT2D eigenvalue weighted by atomic mass is 10.2. The van der Waals surface area contributed by atoms with E-state index in [4.69, 9.17) is 9.26 Å².